The van der Waals surface area contributed by atoms with Gasteiger partial charge in [-0.15, -0.1) is 4.91 Å². The predicted octanol–water partition coefficient (Wildman–Crippen LogP) is -3.09. The van der Waals surface area contributed by atoms with Crippen LogP contribution in [0.15, 0.2) is 5.34 Å². The molecule has 8 heavy (non-hydrogen) atoms. The molecule has 1 N–H and O–H groups in total. The average molecular weight is 132 g/mol. The number of rotatable bonds is 0. The van der Waals surface area contributed by atoms with Gasteiger partial charge >= 0.3 is 29.6 Å². The third-order valence-electron chi connectivity index (χ3n) is 0. The smallest absolute Gasteiger partial charge is 0.379 e. The van der Waals surface area contributed by atoms with Gasteiger partial charge in [0.1, 0.15) is 0 Å². The van der Waals surface area contributed by atoms with Crippen molar-refractivity contribution in [2.75, 3.05) is 0 Å². The maximum absolute atomic E-state index is 8.25. The third-order valence-corrected chi connectivity index (χ3v) is 0. The van der Waals surface area contributed by atoms with Crippen molar-refractivity contribution < 1.29 is 39.9 Å². The minimum atomic E-state index is -1.75. The molecular weight excluding hydrogens is 131 g/mol. The number of hydrogen-bond acceptors (Lipinski definition) is 5. The summed E-state index contributed by atoms with van der Waals surface area (Å²) in [7, 11) is 0. The Morgan fingerprint density at radius 2 is 1.50 bits per heavy atom. The molecule has 0 aromatic carbocycles. The molecule has 0 rings (SSSR count). The molecule has 0 radical (unpaired) electrons. The quantitative estimate of drug-likeness (QED) is 0.162. The maximum Gasteiger partial charge on any atom is 1.00 e. The van der Waals surface area contributed by atoms with Crippen molar-refractivity contribution >= 4 is 0 Å². The minimum absolute atomic E-state index is 0. The molecule has 0 amide bonds. The Hall–Kier alpha value is -0.400. The first-order valence-electron chi connectivity index (χ1n) is 0.930. The van der Waals surface area contributed by atoms with Gasteiger partial charge in [0, 0.05) is 0 Å². The molecule has 8 heteroatoms. The summed E-state index contributed by atoms with van der Waals surface area (Å²) >= 11 is 0. The molecule has 0 aromatic heterocycles. The van der Waals surface area contributed by atoms with Crippen LogP contribution in [0.4, 0.5) is 0 Å². The van der Waals surface area contributed by atoms with Crippen LogP contribution < -0.4 is 29.6 Å². The average Bonchev–Trinajstić information content (AvgIpc) is 1.33. The topological polar surface area (TPSA) is 116 Å². The zero-order valence-corrected chi connectivity index (χ0v) is 5.97. The normalized spacial score (nSPS) is 4.50. The zero-order valence-electron chi connectivity index (χ0n) is 3.97. The van der Waals surface area contributed by atoms with Crippen LogP contribution in [-0.4, -0.2) is 10.3 Å². The summed E-state index contributed by atoms with van der Waals surface area (Å²) in [6, 6.07) is 0. The van der Waals surface area contributed by atoms with Gasteiger partial charge < -0.3 is 20.5 Å². The standard InChI is InChI=1S/NO3.HNO2.Na/c2-1(3)4;2-1-3;/h;(H,2,3);/q-1;;+1. The van der Waals surface area contributed by atoms with E-state index in [1.165, 1.54) is 5.34 Å². The second-order valence-electron chi connectivity index (χ2n) is 0.305. The van der Waals surface area contributed by atoms with E-state index in [2.05, 4.69) is 0 Å². The number of nitrogens with zero attached hydrogens (tertiary/aromatic N) is 2. The van der Waals surface area contributed by atoms with Gasteiger partial charge in [0.25, 0.3) is 0 Å². The molecule has 0 aliphatic carbocycles. The Kier molecular flexibility index (Phi) is 31.2. The first kappa shape index (κ1) is 15.6. The van der Waals surface area contributed by atoms with E-state index in [0.29, 0.717) is 0 Å². The van der Waals surface area contributed by atoms with Crippen molar-refractivity contribution in [3.8, 4) is 0 Å². The van der Waals surface area contributed by atoms with Crippen molar-refractivity contribution in [1.29, 1.82) is 0 Å². The van der Waals surface area contributed by atoms with Crippen LogP contribution >= 0.6 is 0 Å². The Morgan fingerprint density at radius 3 is 1.50 bits per heavy atom. The zero-order chi connectivity index (χ0) is 6.28. The van der Waals surface area contributed by atoms with Gasteiger partial charge in [0.2, 0.25) is 0 Å². The maximum atomic E-state index is 8.25. The minimum Gasteiger partial charge on any atom is -0.379 e. The van der Waals surface area contributed by atoms with E-state index in [1.807, 2.05) is 0 Å². The Bertz CT molecular complexity index is 57.4. The first-order chi connectivity index (χ1) is 3.15. The molecule has 0 saturated carbocycles. The second-order valence-corrected chi connectivity index (χ2v) is 0.305. The summed E-state index contributed by atoms with van der Waals surface area (Å²) in [4.78, 5) is 16.4. The van der Waals surface area contributed by atoms with Gasteiger partial charge in [-0.2, -0.15) is 0 Å². The first-order valence-corrected chi connectivity index (χ1v) is 0.930. The van der Waals surface area contributed by atoms with Gasteiger partial charge in [-0.05, 0) is 0 Å². The van der Waals surface area contributed by atoms with Crippen molar-refractivity contribution in [2.45, 2.75) is 0 Å². The van der Waals surface area contributed by atoms with Crippen molar-refractivity contribution in [1.82, 2.24) is 0 Å². The summed E-state index contributed by atoms with van der Waals surface area (Å²) in [5, 5.41) is 22.6. The fourth-order valence-corrected chi connectivity index (χ4v) is 0. The third kappa shape index (κ3) is 741. The van der Waals surface area contributed by atoms with Crippen molar-refractivity contribution in [3.05, 3.63) is 20.2 Å². The van der Waals surface area contributed by atoms with Crippen LogP contribution in [0.3, 0.4) is 0 Å². The molecular formula is HN2NaO5. The van der Waals surface area contributed by atoms with E-state index in [4.69, 9.17) is 25.4 Å². The van der Waals surface area contributed by atoms with E-state index < -0.39 is 5.09 Å². The van der Waals surface area contributed by atoms with Crippen LogP contribution in [0.2, 0.25) is 0 Å². The Balaban J connectivity index is -0.0000000575. The number of hydrogen-bond donors (Lipinski definition) is 1. The molecule has 0 fully saturated rings. The van der Waals surface area contributed by atoms with Gasteiger partial charge in [-0.25, -0.2) is 0 Å². The van der Waals surface area contributed by atoms with E-state index in [0.717, 1.165) is 0 Å². The van der Waals surface area contributed by atoms with Gasteiger partial charge in [-0.1, -0.05) is 0 Å². The molecule has 0 saturated heterocycles. The van der Waals surface area contributed by atoms with E-state index in [-0.39, 0.29) is 29.6 Å². The van der Waals surface area contributed by atoms with Crippen LogP contribution in [0.5, 0.6) is 0 Å². The summed E-state index contributed by atoms with van der Waals surface area (Å²) in [6.07, 6.45) is 0. The predicted molar refractivity (Wildman–Crippen MR) is 17.9 cm³/mol. The van der Waals surface area contributed by atoms with E-state index in [9.17, 15) is 0 Å². The molecule has 7 nitrogen and oxygen atoms in total. The summed E-state index contributed by atoms with van der Waals surface area (Å²) < 4.78 is 0. The second kappa shape index (κ2) is 16.0. The molecule has 0 heterocycles. The molecule has 0 unspecified atom stereocenters. The fourth-order valence-electron chi connectivity index (χ4n) is 0. The summed E-state index contributed by atoms with van der Waals surface area (Å²) in [5.74, 6) is 0. The SMILES string of the molecule is O=NO.O=[N+]([O-])[O-].[Na+]. The molecule has 0 bridgehead atoms. The molecule has 0 atom stereocenters. The largest absolute Gasteiger partial charge is 1.00 e. The van der Waals surface area contributed by atoms with E-state index in [1.54, 1.807) is 0 Å². The molecule has 0 aliphatic rings. The van der Waals surface area contributed by atoms with Gasteiger partial charge in [0.05, 0.1) is 5.09 Å². The summed E-state index contributed by atoms with van der Waals surface area (Å²) in [5.41, 5.74) is 0. The fraction of sp³-hybridized carbons (Fsp3) is 0. The van der Waals surface area contributed by atoms with Crippen molar-refractivity contribution in [2.24, 2.45) is 5.34 Å². The molecule has 0 aromatic rings. The Morgan fingerprint density at radius 1 is 1.50 bits per heavy atom. The van der Waals surface area contributed by atoms with Crippen LogP contribution in [0.25, 0.3) is 0 Å². The van der Waals surface area contributed by atoms with Crippen LogP contribution in [0.1, 0.15) is 0 Å². The monoisotopic (exact) mass is 132 g/mol. The summed E-state index contributed by atoms with van der Waals surface area (Å²) in [6.45, 7) is 0. The van der Waals surface area contributed by atoms with Crippen LogP contribution in [0, 0.1) is 20.2 Å². The Labute approximate surface area is 65.6 Å². The van der Waals surface area contributed by atoms with Gasteiger partial charge in [-0.3, -0.25) is 0 Å². The van der Waals surface area contributed by atoms with Gasteiger partial charge in [0.15, 0.2) is 5.34 Å². The molecule has 0 spiro atoms. The molecule has 42 valence electrons. The van der Waals surface area contributed by atoms with Crippen LogP contribution in [-0.2, 0) is 0 Å². The van der Waals surface area contributed by atoms with Crippen molar-refractivity contribution in [3.63, 3.8) is 0 Å². The molecule has 0 aliphatic heterocycles. The van der Waals surface area contributed by atoms with E-state index >= 15 is 0 Å².